The summed E-state index contributed by atoms with van der Waals surface area (Å²) >= 11 is 0. The summed E-state index contributed by atoms with van der Waals surface area (Å²) in [4.78, 5) is 29.6. The highest BCUT2D eigenvalue weighted by Crippen LogP contribution is 2.20. The van der Waals surface area contributed by atoms with Gasteiger partial charge in [0.05, 0.1) is 6.04 Å². The van der Waals surface area contributed by atoms with Crippen LogP contribution in [0.4, 0.5) is 0 Å². The summed E-state index contributed by atoms with van der Waals surface area (Å²) < 4.78 is 1.39. The number of nitrogens with zero attached hydrogens (tertiary/aromatic N) is 2. The molecule has 0 bridgehead atoms. The van der Waals surface area contributed by atoms with Crippen LogP contribution in [0.5, 0.6) is 0 Å². The summed E-state index contributed by atoms with van der Waals surface area (Å²) in [7, 11) is 0. The first-order chi connectivity index (χ1) is 12.7. The highest BCUT2D eigenvalue weighted by molar-refractivity contribution is 5.94. The van der Waals surface area contributed by atoms with E-state index in [0.29, 0.717) is 5.65 Å². The molecule has 0 saturated heterocycles. The summed E-state index contributed by atoms with van der Waals surface area (Å²) in [6.07, 6.45) is 7.07. The number of benzene rings is 1. The fourth-order valence-electron chi connectivity index (χ4n) is 3.02. The van der Waals surface area contributed by atoms with Crippen molar-refractivity contribution < 1.29 is 4.79 Å². The van der Waals surface area contributed by atoms with Gasteiger partial charge >= 0.3 is 0 Å². The molecular weight excluding hydrogens is 326 g/mol. The van der Waals surface area contributed by atoms with Crippen LogP contribution in [0.3, 0.4) is 0 Å². The number of pyridine rings is 1. The predicted molar refractivity (Wildman–Crippen MR) is 102 cm³/mol. The Morgan fingerprint density at radius 3 is 2.65 bits per heavy atom. The molecule has 0 spiro atoms. The van der Waals surface area contributed by atoms with Gasteiger partial charge in [0.15, 0.2) is 0 Å². The Hall–Kier alpha value is -2.95. The van der Waals surface area contributed by atoms with E-state index < -0.39 is 0 Å². The largest absolute Gasteiger partial charge is 0.345 e. The van der Waals surface area contributed by atoms with Gasteiger partial charge in [0.25, 0.3) is 11.5 Å². The summed E-state index contributed by atoms with van der Waals surface area (Å²) in [5, 5.41) is 3.02. The van der Waals surface area contributed by atoms with Gasteiger partial charge in [-0.1, -0.05) is 62.6 Å². The van der Waals surface area contributed by atoms with Crippen LogP contribution in [-0.4, -0.2) is 15.3 Å². The summed E-state index contributed by atoms with van der Waals surface area (Å²) in [6.45, 7) is 2.15. The second-order valence-electron chi connectivity index (χ2n) is 6.34. The zero-order chi connectivity index (χ0) is 18.4. The Kier molecular flexibility index (Phi) is 5.79. The monoisotopic (exact) mass is 349 g/mol. The number of fused-ring (bicyclic) bond motifs is 1. The van der Waals surface area contributed by atoms with Gasteiger partial charge in [-0.2, -0.15) is 0 Å². The molecule has 0 radical (unpaired) electrons. The number of nitrogens with one attached hydrogen (secondary N) is 1. The SMILES string of the molecule is CCCCCC(NC(=O)c1cnc2ccccn2c1=O)c1ccccc1. The van der Waals surface area contributed by atoms with Crippen LogP contribution in [0.2, 0.25) is 0 Å². The lowest BCUT2D eigenvalue weighted by Gasteiger charge is -2.19. The molecule has 5 nitrogen and oxygen atoms in total. The van der Waals surface area contributed by atoms with Gasteiger partial charge in [-0.25, -0.2) is 4.98 Å². The number of aromatic nitrogens is 2. The van der Waals surface area contributed by atoms with E-state index in [1.807, 2.05) is 30.3 Å². The average molecular weight is 349 g/mol. The molecule has 1 unspecified atom stereocenters. The van der Waals surface area contributed by atoms with Crippen molar-refractivity contribution >= 4 is 11.6 Å². The zero-order valence-electron chi connectivity index (χ0n) is 14.9. The van der Waals surface area contributed by atoms with Crippen LogP contribution >= 0.6 is 0 Å². The van der Waals surface area contributed by atoms with E-state index in [1.54, 1.807) is 24.4 Å². The van der Waals surface area contributed by atoms with Gasteiger partial charge in [-0.05, 0) is 24.1 Å². The third-order valence-electron chi connectivity index (χ3n) is 4.46. The Balaban J connectivity index is 1.85. The number of hydrogen-bond donors (Lipinski definition) is 1. The van der Waals surface area contributed by atoms with Gasteiger partial charge < -0.3 is 5.32 Å². The minimum Gasteiger partial charge on any atom is -0.345 e. The lowest BCUT2D eigenvalue weighted by atomic mass is 10.00. The molecule has 5 heteroatoms. The first kappa shape index (κ1) is 17.9. The number of rotatable bonds is 7. The molecule has 1 aromatic carbocycles. The van der Waals surface area contributed by atoms with Crippen LogP contribution in [0.25, 0.3) is 5.65 Å². The normalized spacial score (nSPS) is 12.0. The molecule has 26 heavy (non-hydrogen) atoms. The van der Waals surface area contributed by atoms with Crippen molar-refractivity contribution in [1.29, 1.82) is 0 Å². The van der Waals surface area contributed by atoms with Crippen molar-refractivity contribution in [2.75, 3.05) is 0 Å². The van der Waals surface area contributed by atoms with Crippen LogP contribution in [-0.2, 0) is 0 Å². The molecule has 1 atom stereocenters. The molecule has 0 aliphatic rings. The zero-order valence-corrected chi connectivity index (χ0v) is 14.9. The van der Waals surface area contributed by atoms with E-state index in [1.165, 1.54) is 10.6 Å². The maximum Gasteiger partial charge on any atom is 0.270 e. The minimum absolute atomic E-state index is 0.0603. The van der Waals surface area contributed by atoms with E-state index in [0.717, 1.165) is 31.2 Å². The molecule has 0 aliphatic heterocycles. The van der Waals surface area contributed by atoms with Gasteiger partial charge in [-0.3, -0.25) is 14.0 Å². The molecule has 2 aromatic heterocycles. The maximum atomic E-state index is 12.8. The molecule has 3 aromatic rings. The Labute approximate surface area is 152 Å². The van der Waals surface area contributed by atoms with Crippen LogP contribution in [0.15, 0.2) is 65.7 Å². The van der Waals surface area contributed by atoms with Gasteiger partial charge in [0.2, 0.25) is 0 Å². The number of carbonyl (C=O) groups is 1. The molecule has 1 amide bonds. The van der Waals surface area contributed by atoms with Crippen molar-refractivity contribution in [3.63, 3.8) is 0 Å². The minimum atomic E-state index is -0.383. The Bertz CT molecular complexity index is 935. The lowest BCUT2D eigenvalue weighted by molar-refractivity contribution is 0.0932. The Morgan fingerprint density at radius 2 is 1.88 bits per heavy atom. The van der Waals surface area contributed by atoms with Crippen LogP contribution < -0.4 is 10.9 Å². The first-order valence-electron chi connectivity index (χ1n) is 9.03. The number of unbranched alkanes of at least 4 members (excludes halogenated alkanes) is 2. The van der Waals surface area contributed by atoms with E-state index in [-0.39, 0.29) is 23.1 Å². The molecule has 2 heterocycles. The third kappa shape index (κ3) is 3.99. The maximum absolute atomic E-state index is 12.8. The first-order valence-corrected chi connectivity index (χ1v) is 9.03. The molecule has 1 N–H and O–H groups in total. The van der Waals surface area contributed by atoms with Crippen molar-refractivity contribution in [2.45, 2.75) is 38.6 Å². The standard InChI is InChI=1S/C21H23N3O2/c1-2-3-5-12-18(16-10-6-4-7-11-16)23-20(25)17-15-22-19-13-8-9-14-24(19)21(17)26/h4,6-11,13-15,18H,2-3,5,12H2,1H3,(H,23,25). The van der Waals surface area contributed by atoms with E-state index >= 15 is 0 Å². The van der Waals surface area contributed by atoms with E-state index in [4.69, 9.17) is 0 Å². The second kappa shape index (κ2) is 8.43. The number of hydrogen-bond acceptors (Lipinski definition) is 3. The molecule has 3 rings (SSSR count). The molecular formula is C21H23N3O2. The second-order valence-corrected chi connectivity index (χ2v) is 6.34. The summed E-state index contributed by atoms with van der Waals surface area (Å²) in [5.74, 6) is -0.383. The van der Waals surface area contributed by atoms with Crippen LogP contribution in [0.1, 0.15) is 54.6 Å². The van der Waals surface area contributed by atoms with Crippen LogP contribution in [0, 0.1) is 0 Å². The highest BCUT2D eigenvalue weighted by atomic mass is 16.2. The smallest absolute Gasteiger partial charge is 0.270 e. The van der Waals surface area contributed by atoms with E-state index in [2.05, 4.69) is 17.2 Å². The average Bonchev–Trinajstić information content (AvgIpc) is 2.68. The van der Waals surface area contributed by atoms with Crippen molar-refractivity contribution in [3.05, 3.63) is 82.4 Å². The topological polar surface area (TPSA) is 63.5 Å². The molecule has 134 valence electrons. The van der Waals surface area contributed by atoms with Gasteiger partial charge in [0, 0.05) is 12.4 Å². The fourth-order valence-corrected chi connectivity index (χ4v) is 3.02. The molecule has 0 fully saturated rings. The molecule has 0 aliphatic carbocycles. The summed E-state index contributed by atoms with van der Waals surface area (Å²) in [6, 6.07) is 15.0. The van der Waals surface area contributed by atoms with Crippen molar-refractivity contribution in [3.8, 4) is 0 Å². The number of carbonyl (C=O) groups excluding carboxylic acids is 1. The predicted octanol–water partition coefficient (Wildman–Crippen LogP) is 3.75. The van der Waals surface area contributed by atoms with E-state index in [9.17, 15) is 9.59 Å². The number of amides is 1. The molecule has 0 saturated carbocycles. The third-order valence-corrected chi connectivity index (χ3v) is 4.46. The fraction of sp³-hybridized carbons (Fsp3) is 0.286. The van der Waals surface area contributed by atoms with Crippen molar-refractivity contribution in [2.24, 2.45) is 0 Å². The van der Waals surface area contributed by atoms with Gasteiger partial charge in [-0.15, -0.1) is 0 Å². The highest BCUT2D eigenvalue weighted by Gasteiger charge is 2.18. The van der Waals surface area contributed by atoms with Gasteiger partial charge in [0.1, 0.15) is 11.2 Å². The summed E-state index contributed by atoms with van der Waals surface area (Å²) in [5.41, 5.74) is 1.28. The van der Waals surface area contributed by atoms with Crippen molar-refractivity contribution in [1.82, 2.24) is 14.7 Å². The quantitative estimate of drug-likeness (QED) is 0.661. The Morgan fingerprint density at radius 1 is 1.12 bits per heavy atom. The lowest BCUT2D eigenvalue weighted by Crippen LogP contribution is -2.34.